The summed E-state index contributed by atoms with van der Waals surface area (Å²) in [4.78, 5) is 11.1. The summed E-state index contributed by atoms with van der Waals surface area (Å²) in [7, 11) is 1.23. The molecule has 1 atom stereocenters. The van der Waals surface area contributed by atoms with Crippen LogP contribution in [-0.4, -0.2) is 18.2 Å². The molecule has 1 aromatic rings. The second kappa shape index (κ2) is 4.30. The summed E-state index contributed by atoms with van der Waals surface area (Å²) in [5.74, 6) is -0.699. The van der Waals surface area contributed by atoms with Crippen LogP contribution in [0.1, 0.15) is 11.6 Å². The van der Waals surface area contributed by atoms with E-state index in [-0.39, 0.29) is 11.3 Å². The lowest BCUT2D eigenvalue weighted by Gasteiger charge is -2.11. The Morgan fingerprint density at radius 1 is 1.64 bits per heavy atom. The third-order valence-corrected chi connectivity index (χ3v) is 2.01. The molecule has 76 valence electrons. The maximum Gasteiger partial charge on any atom is 0.327 e. The molecule has 1 aromatic carbocycles. The first kappa shape index (κ1) is 10.8. The van der Waals surface area contributed by atoms with Gasteiger partial charge in [-0.3, -0.25) is 4.79 Å². The average molecular weight is 216 g/mol. The minimum absolute atomic E-state index is 0.0766. The molecule has 0 aliphatic heterocycles. The first-order valence-corrected chi connectivity index (χ1v) is 4.26. The number of rotatable bonds is 2. The minimum Gasteiger partial charge on any atom is -0.508 e. The number of hydrogen-bond acceptors (Lipinski definition) is 4. The molecule has 3 N–H and O–H groups in total. The van der Waals surface area contributed by atoms with Gasteiger partial charge in [-0.1, -0.05) is 11.6 Å². The largest absolute Gasteiger partial charge is 0.508 e. The SMILES string of the molecule is COC(=O)C(N)c1cc(Cl)ccc1O. The number of esters is 1. The smallest absolute Gasteiger partial charge is 0.327 e. The van der Waals surface area contributed by atoms with Gasteiger partial charge in [0.2, 0.25) is 0 Å². The van der Waals surface area contributed by atoms with Crippen molar-refractivity contribution in [2.24, 2.45) is 5.73 Å². The maximum atomic E-state index is 11.1. The van der Waals surface area contributed by atoms with Crippen molar-refractivity contribution in [3.63, 3.8) is 0 Å². The van der Waals surface area contributed by atoms with E-state index in [0.29, 0.717) is 5.02 Å². The fraction of sp³-hybridized carbons (Fsp3) is 0.222. The maximum absolute atomic E-state index is 11.1. The van der Waals surface area contributed by atoms with Crippen molar-refractivity contribution in [1.29, 1.82) is 0 Å². The molecule has 4 nitrogen and oxygen atoms in total. The van der Waals surface area contributed by atoms with Crippen molar-refractivity contribution >= 4 is 17.6 Å². The first-order valence-electron chi connectivity index (χ1n) is 3.88. The van der Waals surface area contributed by atoms with Gasteiger partial charge in [0, 0.05) is 10.6 Å². The van der Waals surface area contributed by atoms with Crippen molar-refractivity contribution in [2.45, 2.75) is 6.04 Å². The fourth-order valence-electron chi connectivity index (χ4n) is 1.03. The molecule has 0 saturated heterocycles. The highest BCUT2D eigenvalue weighted by Gasteiger charge is 2.19. The number of nitrogens with two attached hydrogens (primary N) is 1. The monoisotopic (exact) mass is 215 g/mol. The Morgan fingerprint density at radius 3 is 2.86 bits per heavy atom. The number of phenolic OH excluding ortho intramolecular Hbond substituents is 1. The molecule has 0 radical (unpaired) electrons. The minimum atomic E-state index is -1.02. The van der Waals surface area contributed by atoms with E-state index in [2.05, 4.69) is 4.74 Å². The van der Waals surface area contributed by atoms with Crippen LogP contribution >= 0.6 is 11.6 Å². The van der Waals surface area contributed by atoms with E-state index >= 15 is 0 Å². The molecule has 5 heteroatoms. The number of phenols is 1. The van der Waals surface area contributed by atoms with Crippen LogP contribution in [-0.2, 0) is 9.53 Å². The predicted octanol–water partition coefficient (Wildman–Crippen LogP) is 1.22. The van der Waals surface area contributed by atoms with Crippen LogP contribution in [0.4, 0.5) is 0 Å². The molecule has 0 spiro atoms. The Morgan fingerprint density at radius 2 is 2.29 bits per heavy atom. The number of carbonyl (C=O) groups excluding carboxylic acids is 1. The molecule has 0 aliphatic carbocycles. The molecule has 14 heavy (non-hydrogen) atoms. The van der Waals surface area contributed by atoms with E-state index < -0.39 is 12.0 Å². The summed E-state index contributed by atoms with van der Waals surface area (Å²) in [5, 5.41) is 9.80. The van der Waals surface area contributed by atoms with Crippen molar-refractivity contribution in [2.75, 3.05) is 7.11 Å². The summed E-state index contributed by atoms with van der Waals surface area (Å²) in [6.45, 7) is 0. The summed E-state index contributed by atoms with van der Waals surface area (Å²) in [5.41, 5.74) is 5.78. The van der Waals surface area contributed by atoms with Crippen molar-refractivity contribution in [1.82, 2.24) is 0 Å². The van der Waals surface area contributed by atoms with Crippen LogP contribution < -0.4 is 5.73 Å². The van der Waals surface area contributed by atoms with Gasteiger partial charge in [0.25, 0.3) is 0 Å². The summed E-state index contributed by atoms with van der Waals surface area (Å²) < 4.78 is 4.44. The van der Waals surface area contributed by atoms with E-state index in [9.17, 15) is 9.90 Å². The highest BCUT2D eigenvalue weighted by Crippen LogP contribution is 2.26. The first-order chi connectivity index (χ1) is 6.56. The summed E-state index contributed by atoms with van der Waals surface area (Å²) in [6, 6.07) is 3.29. The zero-order chi connectivity index (χ0) is 10.7. The van der Waals surface area contributed by atoms with Gasteiger partial charge in [-0.05, 0) is 18.2 Å². The number of ether oxygens (including phenoxy) is 1. The van der Waals surface area contributed by atoms with Gasteiger partial charge in [-0.15, -0.1) is 0 Å². The summed E-state index contributed by atoms with van der Waals surface area (Å²) in [6.07, 6.45) is 0. The van der Waals surface area contributed by atoms with Crippen molar-refractivity contribution < 1.29 is 14.6 Å². The number of aromatic hydroxyl groups is 1. The molecule has 0 aromatic heterocycles. The Bertz CT molecular complexity index is 354. The fourth-order valence-corrected chi connectivity index (χ4v) is 1.21. The molecule has 0 amide bonds. The lowest BCUT2D eigenvalue weighted by molar-refractivity contribution is -0.142. The van der Waals surface area contributed by atoms with E-state index in [1.54, 1.807) is 0 Å². The van der Waals surface area contributed by atoms with E-state index in [1.165, 1.54) is 25.3 Å². The third-order valence-electron chi connectivity index (χ3n) is 1.78. The van der Waals surface area contributed by atoms with Gasteiger partial charge in [-0.2, -0.15) is 0 Å². The van der Waals surface area contributed by atoms with Crippen LogP contribution in [0.5, 0.6) is 5.75 Å². The molecule has 1 unspecified atom stereocenters. The second-order valence-electron chi connectivity index (χ2n) is 2.70. The number of hydrogen-bond donors (Lipinski definition) is 2. The highest BCUT2D eigenvalue weighted by atomic mass is 35.5. The van der Waals surface area contributed by atoms with Crippen molar-refractivity contribution in [3.05, 3.63) is 28.8 Å². The van der Waals surface area contributed by atoms with Gasteiger partial charge in [0.15, 0.2) is 0 Å². The summed E-state index contributed by atoms with van der Waals surface area (Å²) >= 11 is 5.69. The molecule has 1 rings (SSSR count). The van der Waals surface area contributed by atoms with Crippen LogP contribution in [0.3, 0.4) is 0 Å². The van der Waals surface area contributed by atoms with Gasteiger partial charge in [0.1, 0.15) is 11.8 Å². The lowest BCUT2D eigenvalue weighted by atomic mass is 10.1. The van der Waals surface area contributed by atoms with Gasteiger partial charge >= 0.3 is 5.97 Å². The standard InChI is InChI=1S/C9H10ClNO3/c1-14-9(13)8(11)6-4-5(10)2-3-7(6)12/h2-4,8,12H,11H2,1H3. The number of carbonyl (C=O) groups is 1. The third kappa shape index (κ3) is 2.16. The normalized spacial score (nSPS) is 12.2. The topological polar surface area (TPSA) is 72.5 Å². The molecule has 0 heterocycles. The Labute approximate surface area is 86.2 Å². The highest BCUT2D eigenvalue weighted by molar-refractivity contribution is 6.30. The van der Waals surface area contributed by atoms with E-state index in [1.807, 2.05) is 0 Å². The molecular formula is C9H10ClNO3. The predicted molar refractivity (Wildman–Crippen MR) is 52.1 cm³/mol. The molecule has 0 saturated carbocycles. The number of halogens is 1. The van der Waals surface area contributed by atoms with Gasteiger partial charge < -0.3 is 15.6 Å². The lowest BCUT2D eigenvalue weighted by Crippen LogP contribution is -2.22. The zero-order valence-electron chi connectivity index (χ0n) is 7.53. The van der Waals surface area contributed by atoms with Crippen LogP contribution in [0.15, 0.2) is 18.2 Å². The van der Waals surface area contributed by atoms with E-state index in [4.69, 9.17) is 17.3 Å². The molecular weight excluding hydrogens is 206 g/mol. The Kier molecular flexibility index (Phi) is 3.33. The van der Waals surface area contributed by atoms with E-state index in [0.717, 1.165) is 0 Å². The molecule has 0 bridgehead atoms. The Hall–Kier alpha value is -1.26. The van der Waals surface area contributed by atoms with Gasteiger partial charge in [0.05, 0.1) is 7.11 Å². The molecule has 0 fully saturated rings. The zero-order valence-corrected chi connectivity index (χ0v) is 8.28. The second-order valence-corrected chi connectivity index (χ2v) is 3.14. The van der Waals surface area contributed by atoms with Crippen LogP contribution in [0, 0.1) is 0 Å². The van der Waals surface area contributed by atoms with Gasteiger partial charge in [-0.25, -0.2) is 0 Å². The molecule has 0 aliphatic rings. The quantitative estimate of drug-likeness (QED) is 0.728. The number of methoxy groups -OCH3 is 1. The average Bonchev–Trinajstić information content (AvgIpc) is 2.19. The number of benzene rings is 1. The Balaban J connectivity index is 3.05. The van der Waals surface area contributed by atoms with Crippen molar-refractivity contribution in [3.8, 4) is 5.75 Å². The van der Waals surface area contributed by atoms with Crippen LogP contribution in [0.2, 0.25) is 5.02 Å². The van der Waals surface area contributed by atoms with Crippen LogP contribution in [0.25, 0.3) is 0 Å².